The van der Waals surface area contributed by atoms with Crippen molar-refractivity contribution in [2.45, 2.75) is 46.7 Å². The molecule has 148 valence electrons. The lowest BCUT2D eigenvalue weighted by atomic mass is 9.92. The molecule has 0 unspecified atom stereocenters. The number of fused-ring (bicyclic) bond motifs is 2. The van der Waals surface area contributed by atoms with E-state index in [0.717, 1.165) is 30.6 Å². The molecule has 2 aromatic heterocycles. The molecule has 0 aliphatic carbocycles. The molecule has 0 fully saturated rings. The average Bonchev–Trinajstić information content (AvgIpc) is 3.34. The predicted octanol–water partition coefficient (Wildman–Crippen LogP) is 5.20. The Bertz CT molecular complexity index is 1220. The first-order valence-corrected chi connectivity index (χ1v) is 10.3. The topological polar surface area (TPSA) is 55.9 Å². The van der Waals surface area contributed by atoms with E-state index in [2.05, 4.69) is 79.3 Å². The van der Waals surface area contributed by atoms with E-state index in [9.17, 15) is 0 Å². The molecule has 5 heteroatoms. The standard InChI is InChI=1S/C24H26N4O/c1-14(2)28-13-15(3)21-11-17(6-8-22(21)28)24-26-23(27-29-24)20-7-5-18-12-25-10-9-19(18)16(20)4/h5-8,11,13-14,25H,9-10,12H2,1-4H3. The first-order valence-electron chi connectivity index (χ1n) is 10.3. The molecule has 29 heavy (non-hydrogen) atoms. The Kier molecular flexibility index (Phi) is 4.28. The molecule has 0 saturated heterocycles. The summed E-state index contributed by atoms with van der Waals surface area (Å²) in [6, 6.07) is 11.1. The number of rotatable bonds is 3. The van der Waals surface area contributed by atoms with Crippen LogP contribution in [0, 0.1) is 13.8 Å². The normalized spacial score (nSPS) is 14.0. The Labute approximate surface area is 170 Å². The highest BCUT2D eigenvalue weighted by molar-refractivity contribution is 5.87. The summed E-state index contributed by atoms with van der Waals surface area (Å²) in [5.41, 5.74) is 8.56. The molecule has 0 amide bonds. The number of nitrogens with one attached hydrogen (secondary N) is 1. The molecule has 5 nitrogen and oxygen atoms in total. The number of nitrogens with zero attached hydrogens (tertiary/aromatic N) is 3. The number of aromatic nitrogens is 3. The smallest absolute Gasteiger partial charge is 0.258 e. The van der Waals surface area contributed by atoms with Crippen LogP contribution in [0.5, 0.6) is 0 Å². The first kappa shape index (κ1) is 18.1. The summed E-state index contributed by atoms with van der Waals surface area (Å²) < 4.78 is 7.97. The predicted molar refractivity (Wildman–Crippen MR) is 116 cm³/mol. The van der Waals surface area contributed by atoms with E-state index in [1.807, 2.05) is 0 Å². The highest BCUT2D eigenvalue weighted by Gasteiger charge is 2.19. The maximum absolute atomic E-state index is 5.67. The Hall–Kier alpha value is -2.92. The lowest BCUT2D eigenvalue weighted by Crippen LogP contribution is -2.24. The number of hydrogen-bond acceptors (Lipinski definition) is 4. The second-order valence-corrected chi connectivity index (χ2v) is 8.27. The zero-order valence-corrected chi connectivity index (χ0v) is 17.4. The number of aryl methyl sites for hydroxylation is 1. The van der Waals surface area contributed by atoms with Gasteiger partial charge in [0.15, 0.2) is 0 Å². The highest BCUT2D eigenvalue weighted by Crippen LogP contribution is 2.32. The van der Waals surface area contributed by atoms with Crippen LogP contribution < -0.4 is 5.32 Å². The molecule has 2 aromatic carbocycles. The van der Waals surface area contributed by atoms with Gasteiger partial charge in [-0.05, 0) is 81.1 Å². The van der Waals surface area contributed by atoms with Crippen molar-refractivity contribution in [3.63, 3.8) is 0 Å². The van der Waals surface area contributed by atoms with E-state index < -0.39 is 0 Å². The lowest BCUT2D eigenvalue weighted by Gasteiger charge is -2.20. The van der Waals surface area contributed by atoms with Crippen LogP contribution in [-0.2, 0) is 13.0 Å². The minimum Gasteiger partial charge on any atom is -0.345 e. The zero-order chi connectivity index (χ0) is 20.1. The summed E-state index contributed by atoms with van der Waals surface area (Å²) in [6.45, 7) is 10.7. The number of hydrogen-bond donors (Lipinski definition) is 1. The third-order valence-corrected chi connectivity index (χ3v) is 6.07. The molecule has 0 radical (unpaired) electrons. The van der Waals surface area contributed by atoms with Crippen LogP contribution in [0.25, 0.3) is 33.7 Å². The van der Waals surface area contributed by atoms with Crippen LogP contribution in [0.15, 0.2) is 41.1 Å². The molecular weight excluding hydrogens is 360 g/mol. The molecule has 0 bridgehead atoms. The van der Waals surface area contributed by atoms with Crippen molar-refractivity contribution in [2.24, 2.45) is 0 Å². The molecule has 0 saturated carbocycles. The van der Waals surface area contributed by atoms with Crippen molar-refractivity contribution >= 4 is 10.9 Å². The van der Waals surface area contributed by atoms with Gasteiger partial charge in [-0.1, -0.05) is 17.3 Å². The van der Waals surface area contributed by atoms with Gasteiger partial charge in [-0.15, -0.1) is 0 Å². The van der Waals surface area contributed by atoms with Gasteiger partial charge < -0.3 is 14.4 Å². The van der Waals surface area contributed by atoms with Crippen LogP contribution in [0.2, 0.25) is 0 Å². The van der Waals surface area contributed by atoms with Crippen LogP contribution in [-0.4, -0.2) is 21.3 Å². The van der Waals surface area contributed by atoms with E-state index in [1.165, 1.54) is 33.2 Å². The van der Waals surface area contributed by atoms with E-state index in [4.69, 9.17) is 9.51 Å². The van der Waals surface area contributed by atoms with Gasteiger partial charge in [0.1, 0.15) is 0 Å². The Morgan fingerprint density at radius 1 is 1.14 bits per heavy atom. The quantitative estimate of drug-likeness (QED) is 0.526. The summed E-state index contributed by atoms with van der Waals surface area (Å²) in [6.07, 6.45) is 3.26. The van der Waals surface area contributed by atoms with Crippen LogP contribution >= 0.6 is 0 Å². The van der Waals surface area contributed by atoms with Gasteiger partial charge in [0.2, 0.25) is 5.82 Å². The minimum absolute atomic E-state index is 0.425. The van der Waals surface area contributed by atoms with E-state index in [-0.39, 0.29) is 0 Å². The van der Waals surface area contributed by atoms with Crippen molar-refractivity contribution < 1.29 is 4.52 Å². The minimum atomic E-state index is 0.425. The molecule has 0 atom stereocenters. The molecule has 1 aliphatic rings. The number of benzene rings is 2. The summed E-state index contributed by atoms with van der Waals surface area (Å²) in [5.74, 6) is 1.23. The van der Waals surface area contributed by atoms with E-state index >= 15 is 0 Å². The lowest BCUT2D eigenvalue weighted by molar-refractivity contribution is 0.432. The first-order chi connectivity index (χ1) is 14.0. The largest absolute Gasteiger partial charge is 0.345 e. The van der Waals surface area contributed by atoms with Crippen molar-refractivity contribution in [3.8, 4) is 22.8 Å². The third kappa shape index (κ3) is 2.97. The summed E-state index contributed by atoms with van der Waals surface area (Å²) in [5, 5.41) is 8.96. The van der Waals surface area contributed by atoms with Crippen LogP contribution in [0.1, 0.15) is 42.1 Å². The SMILES string of the molecule is Cc1c(-c2noc(-c3ccc4c(c3)c(C)cn4C(C)C)n2)ccc2c1CCNC2. The third-order valence-electron chi connectivity index (χ3n) is 6.07. The van der Waals surface area contributed by atoms with Gasteiger partial charge in [0.05, 0.1) is 0 Å². The Morgan fingerprint density at radius 2 is 2.00 bits per heavy atom. The monoisotopic (exact) mass is 386 g/mol. The fraction of sp³-hybridized carbons (Fsp3) is 0.333. The van der Waals surface area contributed by atoms with Crippen molar-refractivity contribution in [1.82, 2.24) is 20.0 Å². The maximum atomic E-state index is 5.67. The zero-order valence-electron chi connectivity index (χ0n) is 17.4. The average molecular weight is 386 g/mol. The fourth-order valence-corrected chi connectivity index (χ4v) is 4.44. The Morgan fingerprint density at radius 3 is 2.83 bits per heavy atom. The maximum Gasteiger partial charge on any atom is 0.258 e. The molecule has 0 spiro atoms. The van der Waals surface area contributed by atoms with Crippen molar-refractivity contribution in [1.29, 1.82) is 0 Å². The van der Waals surface area contributed by atoms with Crippen LogP contribution in [0.4, 0.5) is 0 Å². The second kappa shape index (κ2) is 6.85. The summed E-state index contributed by atoms with van der Waals surface area (Å²) in [4.78, 5) is 4.74. The van der Waals surface area contributed by atoms with Gasteiger partial charge in [0, 0.05) is 40.8 Å². The molecule has 1 aliphatic heterocycles. The fourth-order valence-electron chi connectivity index (χ4n) is 4.44. The molecule has 4 aromatic rings. The molecule has 3 heterocycles. The van der Waals surface area contributed by atoms with Gasteiger partial charge in [-0.3, -0.25) is 0 Å². The second-order valence-electron chi connectivity index (χ2n) is 8.27. The Balaban J connectivity index is 1.55. The van der Waals surface area contributed by atoms with E-state index in [0.29, 0.717) is 17.8 Å². The molecular formula is C24H26N4O. The summed E-state index contributed by atoms with van der Waals surface area (Å²) in [7, 11) is 0. The van der Waals surface area contributed by atoms with Gasteiger partial charge >= 0.3 is 0 Å². The molecule has 1 N–H and O–H groups in total. The van der Waals surface area contributed by atoms with Gasteiger partial charge in [-0.2, -0.15) is 4.98 Å². The van der Waals surface area contributed by atoms with Crippen molar-refractivity contribution in [3.05, 3.63) is 58.8 Å². The van der Waals surface area contributed by atoms with E-state index in [1.54, 1.807) is 0 Å². The van der Waals surface area contributed by atoms with Crippen molar-refractivity contribution in [2.75, 3.05) is 6.54 Å². The molecule has 5 rings (SSSR count). The summed E-state index contributed by atoms with van der Waals surface area (Å²) >= 11 is 0. The highest BCUT2D eigenvalue weighted by atomic mass is 16.5. The van der Waals surface area contributed by atoms with Gasteiger partial charge in [-0.25, -0.2) is 0 Å². The van der Waals surface area contributed by atoms with Crippen LogP contribution in [0.3, 0.4) is 0 Å². The van der Waals surface area contributed by atoms with Gasteiger partial charge in [0.25, 0.3) is 5.89 Å².